The number of H-pyrrole nitrogens is 1. The molecule has 1 atom stereocenters. The largest absolute Gasteiger partial charge is 0.341 e. The van der Waals surface area contributed by atoms with E-state index in [0.717, 1.165) is 10.9 Å². The van der Waals surface area contributed by atoms with Crippen LogP contribution in [0.15, 0.2) is 35.1 Å². The van der Waals surface area contributed by atoms with Crippen molar-refractivity contribution in [1.29, 1.82) is 0 Å². The minimum absolute atomic E-state index is 0.00329. The second kappa shape index (κ2) is 5.81. The number of sulfone groups is 1. The summed E-state index contributed by atoms with van der Waals surface area (Å²) in [5, 5.41) is 0.862. The molecule has 1 saturated heterocycles. The molecule has 6 nitrogen and oxygen atoms in total. The summed E-state index contributed by atoms with van der Waals surface area (Å²) in [7, 11) is -1.45. The van der Waals surface area contributed by atoms with Crippen molar-refractivity contribution in [3.05, 3.63) is 46.2 Å². The maximum atomic E-state index is 12.4. The van der Waals surface area contributed by atoms with Gasteiger partial charge < -0.3 is 9.88 Å². The fraction of sp³-hybridized carbons (Fsp3) is 0.375. The van der Waals surface area contributed by atoms with Gasteiger partial charge in [0.25, 0.3) is 5.56 Å². The Balaban J connectivity index is 1.80. The van der Waals surface area contributed by atoms with Crippen LogP contribution in [0.25, 0.3) is 10.9 Å². The first-order valence-electron chi connectivity index (χ1n) is 7.43. The van der Waals surface area contributed by atoms with Gasteiger partial charge in [-0.05, 0) is 23.9 Å². The van der Waals surface area contributed by atoms with Gasteiger partial charge in [-0.1, -0.05) is 18.2 Å². The molecule has 0 aliphatic carbocycles. The van der Waals surface area contributed by atoms with E-state index in [1.54, 1.807) is 19.2 Å². The van der Waals surface area contributed by atoms with Crippen molar-refractivity contribution in [2.24, 2.45) is 0 Å². The Bertz CT molecular complexity index is 917. The molecule has 1 aromatic carbocycles. The van der Waals surface area contributed by atoms with Crippen LogP contribution < -0.4 is 5.56 Å². The Labute approximate surface area is 134 Å². The first-order valence-corrected chi connectivity index (χ1v) is 9.25. The van der Waals surface area contributed by atoms with Gasteiger partial charge in [-0.3, -0.25) is 9.59 Å². The zero-order valence-electron chi connectivity index (χ0n) is 12.8. The molecule has 7 heteroatoms. The van der Waals surface area contributed by atoms with Gasteiger partial charge in [-0.15, -0.1) is 0 Å². The van der Waals surface area contributed by atoms with Gasteiger partial charge in [-0.2, -0.15) is 0 Å². The van der Waals surface area contributed by atoms with Gasteiger partial charge >= 0.3 is 0 Å². The summed E-state index contributed by atoms with van der Waals surface area (Å²) >= 11 is 0. The van der Waals surface area contributed by atoms with Gasteiger partial charge in [0.1, 0.15) is 0 Å². The van der Waals surface area contributed by atoms with Crippen LogP contribution in [0.3, 0.4) is 0 Å². The highest BCUT2D eigenvalue weighted by Gasteiger charge is 2.32. The number of benzene rings is 1. The summed E-state index contributed by atoms with van der Waals surface area (Å²) in [5.41, 5.74) is 0.829. The smallest absolute Gasteiger partial charge is 0.252 e. The Hall–Kier alpha value is -2.15. The average Bonchev–Trinajstić information content (AvgIpc) is 2.87. The lowest BCUT2D eigenvalue weighted by Crippen LogP contribution is -2.39. The van der Waals surface area contributed by atoms with Crippen molar-refractivity contribution in [3.8, 4) is 0 Å². The van der Waals surface area contributed by atoms with Crippen molar-refractivity contribution in [2.75, 3.05) is 18.6 Å². The third-order valence-corrected chi connectivity index (χ3v) is 6.07. The third kappa shape index (κ3) is 3.29. The number of amides is 1. The van der Waals surface area contributed by atoms with Crippen LogP contribution in [0.4, 0.5) is 0 Å². The van der Waals surface area contributed by atoms with Crippen molar-refractivity contribution >= 4 is 26.6 Å². The summed E-state index contributed by atoms with van der Waals surface area (Å²) in [6, 6.07) is 8.78. The summed E-state index contributed by atoms with van der Waals surface area (Å²) in [5.74, 6) is -0.123. The Morgan fingerprint density at radius 1 is 1.35 bits per heavy atom. The number of carbonyl (C=O) groups is 1. The quantitative estimate of drug-likeness (QED) is 0.896. The molecule has 0 saturated carbocycles. The van der Waals surface area contributed by atoms with Crippen LogP contribution in [0.2, 0.25) is 0 Å². The highest BCUT2D eigenvalue weighted by molar-refractivity contribution is 7.91. The molecule has 1 aliphatic heterocycles. The molecule has 0 spiro atoms. The summed E-state index contributed by atoms with van der Waals surface area (Å²) < 4.78 is 23.1. The van der Waals surface area contributed by atoms with E-state index in [4.69, 9.17) is 0 Å². The number of para-hydroxylation sites is 1. The number of likely N-dealkylation sites (N-methyl/N-ethyl adjacent to an activating group) is 1. The average molecular weight is 334 g/mol. The molecule has 1 unspecified atom stereocenters. The Morgan fingerprint density at radius 3 is 2.78 bits per heavy atom. The molecule has 1 aliphatic rings. The molecule has 2 heterocycles. The zero-order chi connectivity index (χ0) is 16.6. The predicted octanol–water partition coefficient (Wildman–Crippen LogP) is 0.716. The van der Waals surface area contributed by atoms with Crippen LogP contribution in [-0.2, 0) is 21.1 Å². The topological polar surface area (TPSA) is 87.3 Å². The van der Waals surface area contributed by atoms with Crippen LogP contribution in [-0.4, -0.2) is 48.8 Å². The van der Waals surface area contributed by atoms with E-state index in [0.29, 0.717) is 12.0 Å². The second-order valence-corrected chi connectivity index (χ2v) is 8.18. The molecule has 2 aromatic rings. The number of aromatic nitrogens is 1. The molecule has 23 heavy (non-hydrogen) atoms. The maximum absolute atomic E-state index is 12.4. The van der Waals surface area contributed by atoms with E-state index in [1.165, 1.54) is 4.90 Å². The Kier molecular flexibility index (Phi) is 3.97. The molecule has 1 aromatic heterocycles. The first kappa shape index (κ1) is 15.7. The first-order chi connectivity index (χ1) is 10.9. The lowest BCUT2D eigenvalue weighted by atomic mass is 10.1. The minimum atomic E-state index is -3.05. The van der Waals surface area contributed by atoms with Crippen LogP contribution in [0.5, 0.6) is 0 Å². The van der Waals surface area contributed by atoms with Crippen LogP contribution in [0.1, 0.15) is 12.0 Å². The van der Waals surface area contributed by atoms with E-state index < -0.39 is 9.84 Å². The number of fused-ring (bicyclic) bond motifs is 1. The van der Waals surface area contributed by atoms with Gasteiger partial charge in [0, 0.05) is 24.2 Å². The number of rotatable bonds is 3. The number of aromatic amines is 1. The molecular formula is C16H18N2O4S. The van der Waals surface area contributed by atoms with Gasteiger partial charge in [0.2, 0.25) is 5.91 Å². The molecule has 0 radical (unpaired) electrons. The van der Waals surface area contributed by atoms with E-state index in [-0.39, 0.29) is 35.4 Å². The lowest BCUT2D eigenvalue weighted by Gasteiger charge is -2.23. The van der Waals surface area contributed by atoms with E-state index in [2.05, 4.69) is 4.98 Å². The van der Waals surface area contributed by atoms with E-state index in [1.807, 2.05) is 18.2 Å². The van der Waals surface area contributed by atoms with E-state index >= 15 is 0 Å². The highest BCUT2D eigenvalue weighted by Crippen LogP contribution is 2.17. The number of pyridine rings is 1. The standard InChI is InChI=1S/C16H18N2O4S/c1-18(13-6-7-23(21,22)10-13)15(19)9-12-8-11-4-2-3-5-14(11)17-16(12)20/h2-5,8,13H,6-7,9-10H2,1H3,(H,17,20). The van der Waals surface area contributed by atoms with Crippen molar-refractivity contribution in [3.63, 3.8) is 0 Å². The summed E-state index contributed by atoms with van der Waals surface area (Å²) in [6.07, 6.45) is 0.422. The van der Waals surface area contributed by atoms with Crippen molar-refractivity contribution in [2.45, 2.75) is 18.9 Å². The summed E-state index contributed by atoms with van der Waals surface area (Å²) in [4.78, 5) is 28.7. The monoisotopic (exact) mass is 334 g/mol. The van der Waals surface area contributed by atoms with E-state index in [9.17, 15) is 18.0 Å². The molecule has 122 valence electrons. The van der Waals surface area contributed by atoms with Crippen molar-refractivity contribution < 1.29 is 13.2 Å². The molecule has 1 fully saturated rings. The Morgan fingerprint density at radius 2 is 2.09 bits per heavy atom. The molecule has 3 rings (SSSR count). The predicted molar refractivity (Wildman–Crippen MR) is 88.1 cm³/mol. The molecular weight excluding hydrogens is 316 g/mol. The fourth-order valence-electron chi connectivity index (χ4n) is 2.90. The minimum Gasteiger partial charge on any atom is -0.341 e. The number of carbonyl (C=O) groups excluding carboxylic acids is 1. The number of hydrogen-bond acceptors (Lipinski definition) is 4. The molecule has 1 N–H and O–H groups in total. The number of nitrogens with one attached hydrogen (secondary N) is 1. The molecule has 0 bridgehead atoms. The van der Waals surface area contributed by atoms with Crippen molar-refractivity contribution in [1.82, 2.24) is 9.88 Å². The zero-order valence-corrected chi connectivity index (χ0v) is 13.6. The van der Waals surface area contributed by atoms with Gasteiger partial charge in [0.05, 0.1) is 17.9 Å². The normalized spacial score (nSPS) is 19.8. The SMILES string of the molecule is CN(C(=O)Cc1cc2ccccc2[nH]c1=O)C1CCS(=O)(=O)C1. The van der Waals surface area contributed by atoms with Crippen LogP contribution >= 0.6 is 0 Å². The van der Waals surface area contributed by atoms with Crippen LogP contribution in [0, 0.1) is 0 Å². The van der Waals surface area contributed by atoms with Gasteiger partial charge in [-0.25, -0.2) is 8.42 Å². The highest BCUT2D eigenvalue weighted by atomic mass is 32.2. The molecule has 1 amide bonds. The summed E-state index contributed by atoms with van der Waals surface area (Å²) in [6.45, 7) is 0. The van der Waals surface area contributed by atoms with Gasteiger partial charge in [0.15, 0.2) is 9.84 Å². The maximum Gasteiger partial charge on any atom is 0.252 e. The number of hydrogen-bond donors (Lipinski definition) is 1. The second-order valence-electron chi connectivity index (χ2n) is 5.95. The third-order valence-electron chi connectivity index (χ3n) is 4.32. The number of nitrogens with zero attached hydrogens (tertiary/aromatic N) is 1. The fourth-order valence-corrected chi connectivity index (χ4v) is 4.67. The lowest BCUT2D eigenvalue weighted by molar-refractivity contribution is -0.130.